The van der Waals surface area contributed by atoms with Crippen molar-refractivity contribution in [3.8, 4) is 0 Å². The Morgan fingerprint density at radius 3 is 2.12 bits per heavy atom. The molecule has 0 N–H and O–H groups in total. The molecule has 4 nitrogen and oxygen atoms in total. The molecule has 0 aliphatic carbocycles. The second kappa shape index (κ2) is 4.21. The van der Waals surface area contributed by atoms with Gasteiger partial charge in [-0.2, -0.15) is 4.31 Å². The Hall–Kier alpha value is -0.130. The standard InChI is InChI=1S/C12H24N2O2S/c1-5-13-7-10-6-11(8-13)14(10)17(15,16)9-12(2,3)4/h10-11H,5-9H2,1-4H3. The van der Waals surface area contributed by atoms with Crippen molar-refractivity contribution in [1.82, 2.24) is 9.21 Å². The van der Waals surface area contributed by atoms with E-state index in [1.54, 1.807) is 4.31 Å². The van der Waals surface area contributed by atoms with Gasteiger partial charge in [0.25, 0.3) is 0 Å². The van der Waals surface area contributed by atoms with Crippen LogP contribution in [0.2, 0.25) is 0 Å². The first-order valence-electron chi connectivity index (χ1n) is 6.46. The smallest absolute Gasteiger partial charge is 0.215 e. The maximum absolute atomic E-state index is 12.3. The minimum Gasteiger partial charge on any atom is -0.300 e. The highest BCUT2D eigenvalue weighted by molar-refractivity contribution is 7.89. The van der Waals surface area contributed by atoms with Crippen molar-refractivity contribution in [3.05, 3.63) is 0 Å². The average Bonchev–Trinajstić information content (AvgIpc) is 2.12. The van der Waals surface area contributed by atoms with Crippen LogP contribution in [-0.2, 0) is 10.0 Å². The quantitative estimate of drug-likeness (QED) is 0.764. The molecule has 0 saturated carbocycles. The lowest BCUT2D eigenvalue weighted by atomic mass is 9.91. The number of hydrogen-bond donors (Lipinski definition) is 0. The molecule has 3 aliphatic rings. The Morgan fingerprint density at radius 1 is 1.18 bits per heavy atom. The Balaban J connectivity index is 2.06. The monoisotopic (exact) mass is 260 g/mol. The van der Waals surface area contributed by atoms with Crippen molar-refractivity contribution < 1.29 is 8.42 Å². The number of nitrogens with zero attached hydrogens (tertiary/aromatic N) is 2. The SMILES string of the molecule is CCN1CC2CC(C1)N2S(=O)(=O)CC(C)(C)C. The van der Waals surface area contributed by atoms with E-state index in [2.05, 4.69) is 11.8 Å². The first-order valence-corrected chi connectivity index (χ1v) is 8.07. The summed E-state index contributed by atoms with van der Waals surface area (Å²) in [5.74, 6) is 0.263. The highest BCUT2D eigenvalue weighted by atomic mass is 32.2. The lowest BCUT2D eigenvalue weighted by Gasteiger charge is -2.55. The highest BCUT2D eigenvalue weighted by Crippen LogP contribution is 2.36. The van der Waals surface area contributed by atoms with Gasteiger partial charge in [0.2, 0.25) is 10.0 Å². The van der Waals surface area contributed by atoms with E-state index >= 15 is 0 Å². The second-order valence-electron chi connectivity index (χ2n) is 6.54. The van der Waals surface area contributed by atoms with Crippen LogP contribution in [0, 0.1) is 5.41 Å². The molecule has 3 saturated heterocycles. The summed E-state index contributed by atoms with van der Waals surface area (Å²) in [6.45, 7) is 10.9. The molecular weight excluding hydrogens is 236 g/mol. The Bertz CT molecular complexity index is 374. The molecule has 17 heavy (non-hydrogen) atoms. The predicted molar refractivity (Wildman–Crippen MR) is 69.4 cm³/mol. The lowest BCUT2D eigenvalue weighted by Crippen LogP contribution is -2.70. The number of sulfonamides is 1. The molecule has 3 fully saturated rings. The van der Waals surface area contributed by atoms with Gasteiger partial charge < -0.3 is 4.90 Å². The third-order valence-electron chi connectivity index (χ3n) is 3.59. The molecule has 5 heteroatoms. The topological polar surface area (TPSA) is 40.6 Å². The summed E-state index contributed by atoms with van der Waals surface area (Å²) in [5.41, 5.74) is -0.160. The van der Waals surface area contributed by atoms with Gasteiger partial charge >= 0.3 is 0 Å². The lowest BCUT2D eigenvalue weighted by molar-refractivity contribution is -0.00458. The van der Waals surface area contributed by atoms with E-state index in [0.29, 0.717) is 0 Å². The van der Waals surface area contributed by atoms with Gasteiger partial charge in [0.1, 0.15) is 0 Å². The van der Waals surface area contributed by atoms with Crippen molar-refractivity contribution in [1.29, 1.82) is 0 Å². The minimum atomic E-state index is -3.07. The van der Waals surface area contributed by atoms with Crippen LogP contribution in [0.25, 0.3) is 0 Å². The van der Waals surface area contributed by atoms with Crippen LogP contribution in [-0.4, -0.2) is 55.1 Å². The maximum atomic E-state index is 12.3. The summed E-state index contributed by atoms with van der Waals surface area (Å²) < 4.78 is 26.5. The van der Waals surface area contributed by atoms with Gasteiger partial charge in [-0.05, 0) is 18.4 Å². The third kappa shape index (κ3) is 2.66. The Kier molecular flexibility index (Phi) is 3.30. The summed E-state index contributed by atoms with van der Waals surface area (Å²) in [7, 11) is -3.07. The molecule has 0 radical (unpaired) electrons. The molecule has 2 unspecified atom stereocenters. The number of likely N-dealkylation sites (N-methyl/N-ethyl adjacent to an activating group) is 1. The van der Waals surface area contributed by atoms with E-state index in [-0.39, 0.29) is 23.3 Å². The fourth-order valence-electron chi connectivity index (χ4n) is 3.00. The van der Waals surface area contributed by atoms with Gasteiger partial charge in [0.05, 0.1) is 5.75 Å². The van der Waals surface area contributed by atoms with E-state index in [1.165, 1.54) is 0 Å². The Labute approximate surface area is 105 Å². The molecule has 0 amide bonds. The summed E-state index contributed by atoms with van der Waals surface area (Å²) in [6, 6.07) is 0.474. The molecule has 0 aromatic heterocycles. The third-order valence-corrected chi connectivity index (χ3v) is 6.06. The van der Waals surface area contributed by atoms with E-state index in [0.717, 1.165) is 26.1 Å². The number of hydrogen-bond acceptors (Lipinski definition) is 3. The normalized spacial score (nSPS) is 31.3. The predicted octanol–water partition coefficient (Wildman–Crippen LogP) is 1.14. The second-order valence-corrected chi connectivity index (χ2v) is 8.42. The maximum Gasteiger partial charge on any atom is 0.215 e. The molecule has 3 aliphatic heterocycles. The number of piperidine rings is 1. The van der Waals surface area contributed by atoms with Crippen molar-refractivity contribution in [3.63, 3.8) is 0 Å². The summed E-state index contributed by atoms with van der Waals surface area (Å²) in [5, 5.41) is 0. The van der Waals surface area contributed by atoms with E-state index in [4.69, 9.17) is 0 Å². The van der Waals surface area contributed by atoms with E-state index in [1.807, 2.05) is 20.8 Å². The van der Waals surface area contributed by atoms with E-state index in [9.17, 15) is 8.42 Å². The summed E-state index contributed by atoms with van der Waals surface area (Å²) >= 11 is 0. The molecular formula is C12H24N2O2S. The van der Waals surface area contributed by atoms with Crippen LogP contribution >= 0.6 is 0 Å². The van der Waals surface area contributed by atoms with Gasteiger partial charge in [-0.15, -0.1) is 0 Å². The van der Waals surface area contributed by atoms with Crippen LogP contribution in [0.3, 0.4) is 0 Å². The Morgan fingerprint density at radius 2 is 1.71 bits per heavy atom. The van der Waals surface area contributed by atoms with Gasteiger partial charge in [-0.3, -0.25) is 0 Å². The summed E-state index contributed by atoms with van der Waals surface area (Å²) in [4.78, 5) is 2.35. The number of piperazine rings is 1. The number of fused-ring (bicyclic) bond motifs is 2. The molecule has 3 rings (SSSR count). The van der Waals surface area contributed by atoms with Crippen molar-refractivity contribution >= 4 is 10.0 Å². The summed E-state index contributed by atoms with van der Waals surface area (Å²) in [6.07, 6.45) is 1.06. The zero-order valence-corrected chi connectivity index (χ0v) is 12.1. The fourth-order valence-corrected chi connectivity index (χ4v) is 5.45. The van der Waals surface area contributed by atoms with Crippen molar-refractivity contribution in [2.75, 3.05) is 25.4 Å². The molecule has 0 aromatic carbocycles. The minimum absolute atomic E-state index is 0.160. The van der Waals surface area contributed by atoms with Gasteiger partial charge in [0, 0.05) is 25.2 Å². The van der Waals surface area contributed by atoms with E-state index < -0.39 is 10.0 Å². The zero-order valence-electron chi connectivity index (χ0n) is 11.3. The molecule has 0 spiro atoms. The van der Waals surface area contributed by atoms with Crippen LogP contribution in [0.1, 0.15) is 34.1 Å². The molecule has 3 heterocycles. The average molecular weight is 260 g/mol. The molecule has 0 aromatic rings. The highest BCUT2D eigenvalue weighted by Gasteiger charge is 2.50. The molecule has 2 bridgehead atoms. The van der Waals surface area contributed by atoms with Crippen LogP contribution in [0.5, 0.6) is 0 Å². The first kappa shape index (κ1) is 13.3. The van der Waals surface area contributed by atoms with Crippen molar-refractivity contribution in [2.45, 2.75) is 46.2 Å². The van der Waals surface area contributed by atoms with Crippen LogP contribution in [0.15, 0.2) is 0 Å². The van der Waals surface area contributed by atoms with Gasteiger partial charge in [0.15, 0.2) is 0 Å². The molecule has 2 atom stereocenters. The largest absolute Gasteiger partial charge is 0.300 e. The fraction of sp³-hybridized carbons (Fsp3) is 1.00. The van der Waals surface area contributed by atoms with Gasteiger partial charge in [-0.1, -0.05) is 27.7 Å². The zero-order chi connectivity index (χ0) is 12.8. The van der Waals surface area contributed by atoms with Crippen LogP contribution < -0.4 is 0 Å². The van der Waals surface area contributed by atoms with Crippen molar-refractivity contribution in [2.24, 2.45) is 5.41 Å². The van der Waals surface area contributed by atoms with Crippen LogP contribution in [0.4, 0.5) is 0 Å². The van der Waals surface area contributed by atoms with Gasteiger partial charge in [-0.25, -0.2) is 8.42 Å². The first-order chi connectivity index (χ1) is 7.73. The number of rotatable bonds is 3. The molecule has 100 valence electrons.